The Labute approximate surface area is 123 Å². The summed E-state index contributed by atoms with van der Waals surface area (Å²) in [4.78, 5) is 16.3. The Balaban J connectivity index is 2.59. The highest BCUT2D eigenvalue weighted by atomic mass is 16.6. The monoisotopic (exact) mass is 285 g/mol. The van der Waals surface area contributed by atoms with Gasteiger partial charge in [0.25, 0.3) is 0 Å². The third-order valence-corrected chi connectivity index (χ3v) is 3.94. The highest BCUT2D eigenvalue weighted by Gasteiger charge is 2.35. The number of ether oxygens (including phenoxy) is 1. The Hall–Kier alpha value is -0.810. The smallest absolute Gasteiger partial charge is 0.410 e. The molecule has 2 unspecified atom stereocenters. The van der Waals surface area contributed by atoms with E-state index in [1.807, 2.05) is 25.7 Å². The van der Waals surface area contributed by atoms with Crippen LogP contribution in [0.4, 0.5) is 4.79 Å². The number of nitrogens with two attached hydrogens (primary N) is 1. The van der Waals surface area contributed by atoms with Crippen molar-refractivity contribution in [2.24, 2.45) is 11.7 Å². The second-order valence-corrected chi connectivity index (χ2v) is 6.50. The Bertz CT molecular complexity index is 311. The highest BCUT2D eigenvalue weighted by molar-refractivity contribution is 5.68. The molecule has 1 fully saturated rings. The molecule has 0 aliphatic carbocycles. The van der Waals surface area contributed by atoms with Crippen molar-refractivity contribution < 1.29 is 9.53 Å². The summed E-state index contributed by atoms with van der Waals surface area (Å²) in [5.74, 6) is 0.451. The number of nitrogens with zero attached hydrogens (tertiary/aromatic N) is 2. The molecule has 5 heteroatoms. The van der Waals surface area contributed by atoms with Gasteiger partial charge in [0.2, 0.25) is 0 Å². The van der Waals surface area contributed by atoms with Crippen LogP contribution in [0.3, 0.4) is 0 Å². The van der Waals surface area contributed by atoms with Crippen LogP contribution in [0.2, 0.25) is 0 Å². The van der Waals surface area contributed by atoms with Crippen molar-refractivity contribution in [3.63, 3.8) is 0 Å². The van der Waals surface area contributed by atoms with Gasteiger partial charge in [-0.1, -0.05) is 13.8 Å². The third kappa shape index (κ3) is 4.63. The molecule has 0 saturated carbocycles. The maximum atomic E-state index is 12.1. The van der Waals surface area contributed by atoms with Crippen molar-refractivity contribution in [3.05, 3.63) is 0 Å². The van der Waals surface area contributed by atoms with Gasteiger partial charge in [0, 0.05) is 25.7 Å². The molecule has 1 amide bonds. The molecule has 1 aliphatic heterocycles. The molecule has 0 aromatic carbocycles. The minimum absolute atomic E-state index is 0.199. The predicted octanol–water partition coefficient (Wildman–Crippen LogP) is 1.91. The van der Waals surface area contributed by atoms with Gasteiger partial charge in [-0.2, -0.15) is 0 Å². The van der Waals surface area contributed by atoms with E-state index in [4.69, 9.17) is 10.5 Å². The SMILES string of the molecule is CCN(CC)C(CN)C1CCN(C(=O)OC(C)(C)C)C1. The van der Waals surface area contributed by atoms with Gasteiger partial charge in [-0.15, -0.1) is 0 Å². The summed E-state index contributed by atoms with van der Waals surface area (Å²) in [6, 6.07) is 0.359. The van der Waals surface area contributed by atoms with Crippen LogP contribution in [0.1, 0.15) is 41.0 Å². The molecule has 20 heavy (non-hydrogen) atoms. The van der Waals surface area contributed by atoms with Crippen LogP contribution >= 0.6 is 0 Å². The summed E-state index contributed by atoms with van der Waals surface area (Å²) in [6.45, 7) is 14.2. The Morgan fingerprint density at radius 1 is 1.40 bits per heavy atom. The van der Waals surface area contributed by atoms with Crippen LogP contribution in [0.25, 0.3) is 0 Å². The molecule has 0 spiro atoms. The van der Waals surface area contributed by atoms with E-state index in [0.717, 1.165) is 32.6 Å². The summed E-state index contributed by atoms with van der Waals surface area (Å²) < 4.78 is 5.44. The number of amides is 1. The summed E-state index contributed by atoms with van der Waals surface area (Å²) in [7, 11) is 0. The third-order valence-electron chi connectivity index (χ3n) is 3.94. The number of rotatable bonds is 5. The first-order valence-electron chi connectivity index (χ1n) is 7.74. The summed E-state index contributed by atoms with van der Waals surface area (Å²) in [6.07, 6.45) is 0.813. The van der Waals surface area contributed by atoms with Crippen LogP contribution < -0.4 is 5.73 Å². The molecule has 0 bridgehead atoms. The Kier molecular flexibility index (Phi) is 6.27. The first-order valence-corrected chi connectivity index (χ1v) is 7.74. The van der Waals surface area contributed by atoms with Gasteiger partial charge in [0.05, 0.1) is 0 Å². The quantitative estimate of drug-likeness (QED) is 0.838. The minimum atomic E-state index is -0.429. The van der Waals surface area contributed by atoms with Crippen molar-refractivity contribution in [1.29, 1.82) is 0 Å². The van der Waals surface area contributed by atoms with Crippen LogP contribution in [0.5, 0.6) is 0 Å². The number of carbonyl (C=O) groups excluding carboxylic acids is 1. The van der Waals surface area contributed by atoms with Crippen molar-refractivity contribution in [1.82, 2.24) is 9.80 Å². The molecule has 2 N–H and O–H groups in total. The summed E-state index contributed by atoms with van der Waals surface area (Å²) in [5, 5.41) is 0. The molecule has 1 aliphatic rings. The average molecular weight is 285 g/mol. The summed E-state index contributed by atoms with van der Waals surface area (Å²) >= 11 is 0. The molecule has 118 valence electrons. The number of carbonyl (C=O) groups is 1. The van der Waals surface area contributed by atoms with E-state index < -0.39 is 5.60 Å². The van der Waals surface area contributed by atoms with Crippen molar-refractivity contribution >= 4 is 6.09 Å². The molecule has 0 aromatic rings. The van der Waals surface area contributed by atoms with Gasteiger partial charge in [-0.3, -0.25) is 4.90 Å². The van der Waals surface area contributed by atoms with Crippen LogP contribution in [0.15, 0.2) is 0 Å². The van der Waals surface area contributed by atoms with E-state index in [9.17, 15) is 4.79 Å². The lowest BCUT2D eigenvalue weighted by atomic mass is 9.97. The minimum Gasteiger partial charge on any atom is -0.444 e. The van der Waals surface area contributed by atoms with Crippen molar-refractivity contribution in [2.45, 2.75) is 52.7 Å². The van der Waals surface area contributed by atoms with Gasteiger partial charge in [0.15, 0.2) is 0 Å². The number of hydrogen-bond donors (Lipinski definition) is 1. The lowest BCUT2D eigenvalue weighted by Gasteiger charge is -2.33. The van der Waals surface area contributed by atoms with E-state index in [1.54, 1.807) is 0 Å². The fourth-order valence-corrected chi connectivity index (χ4v) is 2.93. The molecule has 0 aromatic heterocycles. The first-order chi connectivity index (χ1) is 9.32. The molecule has 0 radical (unpaired) electrons. The molecule has 2 atom stereocenters. The fourth-order valence-electron chi connectivity index (χ4n) is 2.93. The zero-order chi connectivity index (χ0) is 15.3. The van der Waals surface area contributed by atoms with Crippen LogP contribution in [-0.4, -0.2) is 60.3 Å². The van der Waals surface area contributed by atoms with Gasteiger partial charge in [-0.05, 0) is 46.2 Å². The second kappa shape index (κ2) is 7.27. The topological polar surface area (TPSA) is 58.8 Å². The Morgan fingerprint density at radius 2 is 2.00 bits per heavy atom. The van der Waals surface area contributed by atoms with Gasteiger partial charge in [0.1, 0.15) is 5.60 Å². The molecular formula is C15H31N3O2. The maximum absolute atomic E-state index is 12.1. The van der Waals surface area contributed by atoms with Gasteiger partial charge in [-0.25, -0.2) is 4.79 Å². The van der Waals surface area contributed by atoms with E-state index >= 15 is 0 Å². The molecule has 1 rings (SSSR count). The highest BCUT2D eigenvalue weighted by Crippen LogP contribution is 2.24. The zero-order valence-corrected chi connectivity index (χ0v) is 13.7. The maximum Gasteiger partial charge on any atom is 0.410 e. The molecule has 1 saturated heterocycles. The van der Waals surface area contributed by atoms with E-state index in [-0.39, 0.29) is 6.09 Å². The number of hydrogen-bond acceptors (Lipinski definition) is 4. The van der Waals surface area contributed by atoms with Crippen LogP contribution in [0, 0.1) is 5.92 Å². The van der Waals surface area contributed by atoms with Crippen LogP contribution in [-0.2, 0) is 4.74 Å². The second-order valence-electron chi connectivity index (χ2n) is 6.50. The van der Waals surface area contributed by atoms with Gasteiger partial charge < -0.3 is 15.4 Å². The Morgan fingerprint density at radius 3 is 2.45 bits per heavy atom. The predicted molar refractivity (Wildman–Crippen MR) is 81.7 cm³/mol. The van der Waals surface area contributed by atoms with Crippen molar-refractivity contribution in [3.8, 4) is 0 Å². The average Bonchev–Trinajstić information content (AvgIpc) is 2.83. The van der Waals surface area contributed by atoms with Crippen molar-refractivity contribution in [2.75, 3.05) is 32.7 Å². The van der Waals surface area contributed by atoms with E-state index in [2.05, 4.69) is 18.7 Å². The first kappa shape index (κ1) is 17.2. The fraction of sp³-hybridized carbons (Fsp3) is 0.933. The van der Waals surface area contributed by atoms with E-state index in [1.165, 1.54) is 0 Å². The molecule has 1 heterocycles. The summed E-state index contributed by atoms with van der Waals surface area (Å²) in [5.41, 5.74) is 5.52. The zero-order valence-electron chi connectivity index (χ0n) is 13.7. The molecular weight excluding hydrogens is 254 g/mol. The molecule has 5 nitrogen and oxygen atoms in total. The lowest BCUT2D eigenvalue weighted by Crippen LogP contribution is -2.46. The normalized spacial score (nSPS) is 21.4. The largest absolute Gasteiger partial charge is 0.444 e. The van der Waals surface area contributed by atoms with E-state index in [0.29, 0.717) is 18.5 Å². The van der Waals surface area contributed by atoms with Gasteiger partial charge >= 0.3 is 6.09 Å². The number of likely N-dealkylation sites (tertiary alicyclic amines) is 1. The standard InChI is InChI=1S/C15H31N3O2/c1-6-17(7-2)13(10-16)12-8-9-18(11-12)14(19)20-15(3,4)5/h12-13H,6-11,16H2,1-5H3. The number of likely N-dealkylation sites (N-methyl/N-ethyl adjacent to an activating group) is 1. The lowest BCUT2D eigenvalue weighted by molar-refractivity contribution is 0.0278.